The number of likely N-dealkylation sites (N-methyl/N-ethyl adjacent to an activating group) is 1. The van der Waals surface area contributed by atoms with Gasteiger partial charge < -0.3 is 19.7 Å². The summed E-state index contributed by atoms with van der Waals surface area (Å²) in [6, 6.07) is 8.36. The van der Waals surface area contributed by atoms with Gasteiger partial charge >= 0.3 is 0 Å². The van der Waals surface area contributed by atoms with Gasteiger partial charge in [0, 0.05) is 25.7 Å². The smallest absolute Gasteiger partial charge is 0.216 e. The van der Waals surface area contributed by atoms with Gasteiger partial charge in [0.05, 0.1) is 31.5 Å². The van der Waals surface area contributed by atoms with E-state index >= 15 is 0 Å². The van der Waals surface area contributed by atoms with Crippen molar-refractivity contribution in [2.75, 3.05) is 34.9 Å². The highest BCUT2D eigenvalue weighted by atomic mass is 16.5. The maximum atomic E-state index is 5.51. The molecule has 1 aromatic heterocycles. The Morgan fingerprint density at radius 1 is 1.21 bits per heavy atom. The highest BCUT2D eigenvalue weighted by Crippen LogP contribution is 2.28. The van der Waals surface area contributed by atoms with Gasteiger partial charge in [0.2, 0.25) is 5.88 Å². The minimum absolute atomic E-state index is 0.212. The van der Waals surface area contributed by atoms with Crippen molar-refractivity contribution in [3.05, 3.63) is 41.1 Å². The summed E-state index contributed by atoms with van der Waals surface area (Å²) in [6.07, 6.45) is 0. The highest BCUT2D eigenvalue weighted by Gasteiger charge is 2.19. The maximum absolute atomic E-state index is 5.51. The van der Waals surface area contributed by atoms with Crippen LogP contribution in [-0.2, 0) is 13.6 Å². The molecule has 1 aromatic carbocycles. The third-order valence-corrected chi connectivity index (χ3v) is 4.24. The molecule has 0 amide bonds. The van der Waals surface area contributed by atoms with Crippen LogP contribution in [0, 0.1) is 6.92 Å². The van der Waals surface area contributed by atoms with Gasteiger partial charge in [-0.2, -0.15) is 5.10 Å². The number of aryl methyl sites for hydroxylation is 2. The second-order valence-electron chi connectivity index (χ2n) is 6.05. The van der Waals surface area contributed by atoms with Gasteiger partial charge in [-0.3, -0.25) is 0 Å². The first-order valence-electron chi connectivity index (χ1n) is 8.06. The third kappa shape index (κ3) is 3.88. The first-order chi connectivity index (χ1) is 11.5. The monoisotopic (exact) mass is 332 g/mol. The van der Waals surface area contributed by atoms with Crippen molar-refractivity contribution in [3.63, 3.8) is 0 Å². The van der Waals surface area contributed by atoms with Crippen LogP contribution in [0.25, 0.3) is 0 Å². The first kappa shape index (κ1) is 18.3. The van der Waals surface area contributed by atoms with Crippen LogP contribution in [0.2, 0.25) is 0 Å². The zero-order valence-electron chi connectivity index (χ0n) is 15.5. The van der Waals surface area contributed by atoms with E-state index in [1.165, 1.54) is 5.56 Å². The lowest BCUT2D eigenvalue weighted by Gasteiger charge is -2.26. The predicted molar refractivity (Wildman–Crippen MR) is 95.6 cm³/mol. The van der Waals surface area contributed by atoms with Crippen LogP contribution in [-0.4, -0.2) is 49.5 Å². The van der Waals surface area contributed by atoms with Crippen molar-refractivity contribution in [3.8, 4) is 11.6 Å². The fraction of sp³-hybridized carbons (Fsp3) is 0.500. The van der Waals surface area contributed by atoms with E-state index in [-0.39, 0.29) is 6.04 Å². The zero-order valence-corrected chi connectivity index (χ0v) is 15.5. The lowest BCUT2D eigenvalue weighted by Crippen LogP contribution is -2.31. The number of aromatic nitrogens is 2. The van der Waals surface area contributed by atoms with E-state index in [0.29, 0.717) is 6.54 Å². The van der Waals surface area contributed by atoms with E-state index in [4.69, 9.17) is 9.47 Å². The van der Waals surface area contributed by atoms with Crippen LogP contribution >= 0.6 is 0 Å². The SMILES string of the molecule is COc1ccccc1C(CNCc1c(C)nn(C)c1OC)N(C)C. The Morgan fingerprint density at radius 2 is 1.92 bits per heavy atom. The molecule has 1 N–H and O–H groups in total. The van der Waals surface area contributed by atoms with E-state index in [2.05, 4.69) is 35.5 Å². The lowest BCUT2D eigenvalue weighted by molar-refractivity contribution is 0.278. The van der Waals surface area contributed by atoms with E-state index < -0.39 is 0 Å². The number of hydrogen-bond acceptors (Lipinski definition) is 5. The quantitative estimate of drug-likeness (QED) is 0.803. The van der Waals surface area contributed by atoms with Crippen LogP contribution in [0.3, 0.4) is 0 Å². The summed E-state index contributed by atoms with van der Waals surface area (Å²) in [5.74, 6) is 1.71. The molecular weight excluding hydrogens is 304 g/mol. The van der Waals surface area contributed by atoms with Crippen molar-refractivity contribution in [2.24, 2.45) is 7.05 Å². The standard InChI is InChI=1S/C18H28N4O2/c1-13-15(18(24-6)22(4)20-13)11-19-12-16(21(2)3)14-9-7-8-10-17(14)23-5/h7-10,16,19H,11-12H2,1-6H3. The van der Waals surface area contributed by atoms with E-state index in [1.54, 1.807) is 18.9 Å². The molecule has 1 atom stereocenters. The number of ether oxygens (including phenoxy) is 2. The van der Waals surface area contributed by atoms with E-state index in [1.807, 2.05) is 32.2 Å². The van der Waals surface area contributed by atoms with Crippen molar-refractivity contribution in [2.45, 2.75) is 19.5 Å². The van der Waals surface area contributed by atoms with Gasteiger partial charge in [0.15, 0.2) is 0 Å². The molecule has 0 fully saturated rings. The van der Waals surface area contributed by atoms with Crippen molar-refractivity contribution < 1.29 is 9.47 Å². The van der Waals surface area contributed by atoms with Gasteiger partial charge in [-0.15, -0.1) is 0 Å². The fourth-order valence-corrected chi connectivity index (χ4v) is 2.99. The Bertz CT molecular complexity index is 667. The molecular formula is C18H28N4O2. The van der Waals surface area contributed by atoms with Crippen molar-refractivity contribution >= 4 is 0 Å². The zero-order chi connectivity index (χ0) is 17.7. The minimum atomic E-state index is 0.212. The molecule has 2 rings (SSSR count). The fourth-order valence-electron chi connectivity index (χ4n) is 2.99. The summed E-state index contributed by atoms with van der Waals surface area (Å²) < 4.78 is 12.7. The minimum Gasteiger partial charge on any atom is -0.496 e. The summed E-state index contributed by atoms with van der Waals surface area (Å²) in [7, 11) is 9.44. The molecule has 6 heteroatoms. The summed E-state index contributed by atoms with van der Waals surface area (Å²) >= 11 is 0. The molecule has 0 aliphatic carbocycles. The topological polar surface area (TPSA) is 51.6 Å². The molecule has 0 saturated carbocycles. The second kappa shape index (κ2) is 8.17. The number of benzene rings is 1. The molecule has 24 heavy (non-hydrogen) atoms. The molecule has 6 nitrogen and oxygen atoms in total. The molecule has 0 aliphatic heterocycles. The molecule has 1 unspecified atom stereocenters. The highest BCUT2D eigenvalue weighted by molar-refractivity contribution is 5.36. The normalized spacial score (nSPS) is 12.5. The summed E-state index contributed by atoms with van der Waals surface area (Å²) in [6.45, 7) is 3.51. The number of para-hydroxylation sites is 1. The molecule has 1 heterocycles. The van der Waals surface area contributed by atoms with Crippen LogP contribution in [0.4, 0.5) is 0 Å². The average molecular weight is 332 g/mol. The molecule has 132 valence electrons. The van der Waals surface area contributed by atoms with Gasteiger partial charge in [0.25, 0.3) is 0 Å². The Labute approximate surface area is 144 Å². The number of rotatable bonds is 8. The van der Waals surface area contributed by atoms with Gasteiger partial charge in [-0.05, 0) is 27.1 Å². The van der Waals surface area contributed by atoms with Crippen LogP contribution < -0.4 is 14.8 Å². The number of methoxy groups -OCH3 is 2. The molecule has 0 radical (unpaired) electrons. The Balaban J connectivity index is 2.11. The third-order valence-electron chi connectivity index (χ3n) is 4.24. The number of nitrogens with zero attached hydrogens (tertiary/aromatic N) is 3. The molecule has 0 bridgehead atoms. The van der Waals surface area contributed by atoms with Crippen LogP contribution in [0.5, 0.6) is 11.6 Å². The average Bonchev–Trinajstić information content (AvgIpc) is 2.84. The lowest BCUT2D eigenvalue weighted by atomic mass is 10.0. The van der Waals surface area contributed by atoms with Crippen LogP contribution in [0.1, 0.15) is 22.9 Å². The Hall–Kier alpha value is -2.05. The van der Waals surface area contributed by atoms with E-state index in [9.17, 15) is 0 Å². The Kier molecular flexibility index (Phi) is 6.23. The second-order valence-corrected chi connectivity index (χ2v) is 6.05. The molecule has 0 spiro atoms. The first-order valence-corrected chi connectivity index (χ1v) is 8.06. The maximum Gasteiger partial charge on any atom is 0.216 e. The summed E-state index contributed by atoms with van der Waals surface area (Å²) in [5, 5.41) is 7.95. The summed E-state index contributed by atoms with van der Waals surface area (Å²) in [5.41, 5.74) is 3.26. The predicted octanol–water partition coefficient (Wildman–Crippen LogP) is 2.14. The molecule has 0 aliphatic rings. The Morgan fingerprint density at radius 3 is 2.54 bits per heavy atom. The van der Waals surface area contributed by atoms with Gasteiger partial charge in [-0.1, -0.05) is 18.2 Å². The summed E-state index contributed by atoms with van der Waals surface area (Å²) in [4.78, 5) is 2.19. The molecule has 0 saturated heterocycles. The van der Waals surface area contributed by atoms with Crippen molar-refractivity contribution in [1.82, 2.24) is 20.0 Å². The largest absolute Gasteiger partial charge is 0.496 e. The van der Waals surface area contributed by atoms with Crippen molar-refractivity contribution in [1.29, 1.82) is 0 Å². The number of nitrogens with one attached hydrogen (secondary N) is 1. The van der Waals surface area contributed by atoms with Crippen LogP contribution in [0.15, 0.2) is 24.3 Å². The number of hydrogen-bond donors (Lipinski definition) is 1. The van der Waals surface area contributed by atoms with E-state index in [0.717, 1.165) is 29.4 Å². The molecule has 2 aromatic rings. The van der Waals surface area contributed by atoms with Gasteiger partial charge in [0.1, 0.15) is 5.75 Å². The van der Waals surface area contributed by atoms with Gasteiger partial charge in [-0.25, -0.2) is 4.68 Å².